The topological polar surface area (TPSA) is 43.4 Å². The number of benzene rings is 1. The highest BCUT2D eigenvalue weighted by Crippen LogP contribution is 2.22. The maximum absolute atomic E-state index is 12.2. The Morgan fingerprint density at radius 3 is 2.56 bits per heavy atom. The second-order valence-electron chi connectivity index (χ2n) is 3.41. The van der Waals surface area contributed by atoms with Crippen LogP contribution < -0.4 is 0 Å². The van der Waals surface area contributed by atoms with Crippen molar-refractivity contribution in [1.29, 1.82) is 0 Å². The van der Waals surface area contributed by atoms with Gasteiger partial charge in [-0.25, -0.2) is 8.42 Å². The molecule has 0 saturated heterocycles. The smallest absolute Gasteiger partial charge is 0.206 e. The first-order valence-corrected chi connectivity index (χ1v) is 6.45. The molecule has 3 nitrogen and oxygen atoms in total. The summed E-state index contributed by atoms with van der Waals surface area (Å²) >= 11 is 0. The third-order valence-corrected chi connectivity index (χ3v) is 4.14. The van der Waals surface area contributed by atoms with Gasteiger partial charge in [-0.3, -0.25) is 0 Å². The van der Waals surface area contributed by atoms with Gasteiger partial charge in [0.2, 0.25) is 9.84 Å². The summed E-state index contributed by atoms with van der Waals surface area (Å²) < 4.78 is 29.4. The van der Waals surface area contributed by atoms with E-state index in [-0.39, 0.29) is 0 Å². The van der Waals surface area contributed by atoms with E-state index >= 15 is 0 Å². The molecule has 16 heavy (non-hydrogen) atoms. The summed E-state index contributed by atoms with van der Waals surface area (Å²) in [6.45, 7) is 0.424. The third-order valence-electron chi connectivity index (χ3n) is 2.29. The second-order valence-corrected chi connectivity index (χ2v) is 5.41. The zero-order valence-corrected chi connectivity index (χ0v) is 9.48. The quantitative estimate of drug-likeness (QED) is 0.740. The van der Waals surface area contributed by atoms with Crippen molar-refractivity contribution in [2.24, 2.45) is 0 Å². The van der Waals surface area contributed by atoms with Gasteiger partial charge in [-0.1, -0.05) is 30.4 Å². The number of rotatable bonds is 2. The third kappa shape index (κ3) is 2.17. The molecule has 1 heterocycles. The first-order chi connectivity index (χ1) is 7.71. The molecular weight excluding hydrogens is 224 g/mol. The predicted octanol–water partition coefficient (Wildman–Crippen LogP) is 2.28. The Hall–Kier alpha value is -1.55. The molecule has 84 valence electrons. The van der Waals surface area contributed by atoms with Crippen molar-refractivity contribution in [3.05, 3.63) is 53.7 Å². The number of sulfone groups is 1. The fraction of sp³-hybridized carbons (Fsp3) is 0.167. The van der Waals surface area contributed by atoms with Crippen molar-refractivity contribution in [1.82, 2.24) is 0 Å². The van der Waals surface area contributed by atoms with Crippen LogP contribution in [0, 0.1) is 0 Å². The second kappa shape index (κ2) is 4.53. The van der Waals surface area contributed by atoms with E-state index in [9.17, 15) is 8.42 Å². The Labute approximate surface area is 95.0 Å². The maximum Gasteiger partial charge on any atom is 0.206 e. The lowest BCUT2D eigenvalue weighted by atomic mass is 10.4. The molecule has 0 saturated carbocycles. The van der Waals surface area contributed by atoms with E-state index in [0.29, 0.717) is 22.8 Å². The Kier molecular flexibility index (Phi) is 3.10. The van der Waals surface area contributed by atoms with Crippen LogP contribution in [0.4, 0.5) is 0 Å². The van der Waals surface area contributed by atoms with E-state index in [0.717, 1.165) is 0 Å². The van der Waals surface area contributed by atoms with Crippen molar-refractivity contribution in [2.45, 2.75) is 11.3 Å². The SMILES string of the molecule is O=S(=O)(C1=COCC=CC1)c1ccccc1. The summed E-state index contributed by atoms with van der Waals surface area (Å²) in [5.74, 6) is 0. The number of ether oxygens (including phenoxy) is 1. The number of hydrogen-bond acceptors (Lipinski definition) is 3. The molecule has 0 unspecified atom stereocenters. The van der Waals surface area contributed by atoms with Crippen LogP contribution in [0.1, 0.15) is 6.42 Å². The van der Waals surface area contributed by atoms with Crippen LogP contribution in [0.2, 0.25) is 0 Å². The Morgan fingerprint density at radius 1 is 1.06 bits per heavy atom. The molecule has 0 aromatic heterocycles. The first kappa shape index (κ1) is 11.0. The average molecular weight is 236 g/mol. The van der Waals surface area contributed by atoms with Crippen LogP contribution in [0.15, 0.2) is 58.5 Å². The molecule has 0 radical (unpaired) electrons. The van der Waals surface area contributed by atoms with E-state index in [4.69, 9.17) is 4.74 Å². The molecule has 1 aliphatic rings. The largest absolute Gasteiger partial charge is 0.496 e. The Morgan fingerprint density at radius 2 is 1.81 bits per heavy atom. The van der Waals surface area contributed by atoms with Gasteiger partial charge in [-0.05, 0) is 12.1 Å². The highest BCUT2D eigenvalue weighted by atomic mass is 32.2. The first-order valence-electron chi connectivity index (χ1n) is 4.97. The maximum atomic E-state index is 12.2. The molecule has 0 atom stereocenters. The molecule has 0 spiro atoms. The van der Waals surface area contributed by atoms with Gasteiger partial charge in [0.1, 0.15) is 6.61 Å². The molecule has 4 heteroatoms. The fourth-order valence-corrected chi connectivity index (χ4v) is 2.76. The Balaban J connectivity index is 2.40. The van der Waals surface area contributed by atoms with Gasteiger partial charge in [-0.2, -0.15) is 0 Å². The van der Waals surface area contributed by atoms with E-state index < -0.39 is 9.84 Å². The summed E-state index contributed by atoms with van der Waals surface area (Å²) in [6, 6.07) is 8.38. The molecule has 0 fully saturated rings. The van der Waals surface area contributed by atoms with Gasteiger partial charge in [-0.15, -0.1) is 0 Å². The zero-order valence-electron chi connectivity index (χ0n) is 8.67. The summed E-state index contributed by atoms with van der Waals surface area (Å²) in [6.07, 6.45) is 5.34. The molecule has 2 rings (SSSR count). The standard InChI is InChI=1S/C12H12O3S/c13-16(14,11-6-2-1-3-7-11)12-8-4-5-9-15-10-12/h1-7,10H,8-9H2. The normalized spacial score (nSPS) is 16.1. The van der Waals surface area contributed by atoms with Crippen LogP contribution in [-0.2, 0) is 14.6 Å². The number of hydrogen-bond donors (Lipinski definition) is 0. The van der Waals surface area contributed by atoms with Crippen molar-refractivity contribution >= 4 is 9.84 Å². The molecule has 0 N–H and O–H groups in total. The highest BCUT2D eigenvalue weighted by molar-refractivity contribution is 7.95. The zero-order chi connectivity index (χ0) is 11.4. The minimum atomic E-state index is -3.40. The van der Waals surface area contributed by atoms with Crippen LogP contribution in [0.5, 0.6) is 0 Å². The minimum absolute atomic E-state index is 0.299. The highest BCUT2D eigenvalue weighted by Gasteiger charge is 2.20. The van der Waals surface area contributed by atoms with E-state index in [1.54, 1.807) is 36.4 Å². The van der Waals surface area contributed by atoms with Crippen LogP contribution in [-0.4, -0.2) is 15.0 Å². The van der Waals surface area contributed by atoms with Gasteiger partial charge in [0.25, 0.3) is 0 Å². The lowest BCUT2D eigenvalue weighted by molar-refractivity contribution is 0.289. The van der Waals surface area contributed by atoms with Gasteiger partial charge < -0.3 is 4.74 Å². The van der Waals surface area contributed by atoms with Crippen LogP contribution in [0.25, 0.3) is 0 Å². The van der Waals surface area contributed by atoms with Crippen LogP contribution >= 0.6 is 0 Å². The minimum Gasteiger partial charge on any atom is -0.496 e. The average Bonchev–Trinajstić information content (AvgIpc) is 2.59. The lowest BCUT2D eigenvalue weighted by Crippen LogP contribution is -2.04. The Bertz CT molecular complexity index is 512. The van der Waals surface area contributed by atoms with E-state index in [2.05, 4.69) is 0 Å². The van der Waals surface area contributed by atoms with Crippen molar-refractivity contribution in [3.8, 4) is 0 Å². The molecule has 0 amide bonds. The van der Waals surface area contributed by atoms with Crippen molar-refractivity contribution in [2.75, 3.05) is 6.61 Å². The molecule has 0 bridgehead atoms. The monoisotopic (exact) mass is 236 g/mol. The molecular formula is C12H12O3S. The molecule has 1 aromatic carbocycles. The van der Waals surface area contributed by atoms with E-state index in [1.165, 1.54) is 6.26 Å². The predicted molar refractivity (Wildman–Crippen MR) is 61.4 cm³/mol. The van der Waals surface area contributed by atoms with Crippen molar-refractivity contribution < 1.29 is 13.2 Å². The number of allylic oxidation sites excluding steroid dienone is 2. The molecule has 0 aliphatic carbocycles. The van der Waals surface area contributed by atoms with Crippen molar-refractivity contribution in [3.63, 3.8) is 0 Å². The lowest BCUT2D eigenvalue weighted by Gasteiger charge is -2.05. The molecule has 1 aliphatic heterocycles. The fourth-order valence-electron chi connectivity index (χ4n) is 1.44. The summed E-state index contributed by atoms with van der Waals surface area (Å²) in [4.78, 5) is 0.604. The van der Waals surface area contributed by atoms with Gasteiger partial charge in [0.15, 0.2) is 0 Å². The summed E-state index contributed by atoms with van der Waals surface area (Å²) in [7, 11) is -3.40. The summed E-state index contributed by atoms with van der Waals surface area (Å²) in [5, 5.41) is 0. The van der Waals surface area contributed by atoms with Gasteiger partial charge in [0, 0.05) is 6.42 Å². The van der Waals surface area contributed by atoms with Gasteiger partial charge in [0.05, 0.1) is 16.1 Å². The van der Waals surface area contributed by atoms with E-state index in [1.807, 2.05) is 6.08 Å². The molecule has 1 aromatic rings. The summed E-state index contributed by atoms with van der Waals surface area (Å²) in [5.41, 5.74) is 0. The van der Waals surface area contributed by atoms with Crippen LogP contribution in [0.3, 0.4) is 0 Å². The van der Waals surface area contributed by atoms with Gasteiger partial charge >= 0.3 is 0 Å².